The summed E-state index contributed by atoms with van der Waals surface area (Å²) in [4.78, 5) is 15.1. The molecule has 1 aromatic rings. The Morgan fingerprint density at radius 3 is 2.77 bits per heavy atom. The van der Waals surface area contributed by atoms with Crippen molar-refractivity contribution in [2.24, 2.45) is 4.99 Å². The largest absolute Gasteiger partial charge is 0.573 e. The lowest BCUT2D eigenvalue weighted by molar-refractivity contribution is -0.275. The number of ether oxygens (including phenoxy) is 3. The van der Waals surface area contributed by atoms with Gasteiger partial charge < -0.3 is 14.2 Å². The Balaban J connectivity index is 2.29. The van der Waals surface area contributed by atoms with Gasteiger partial charge in [-0.3, -0.25) is 10.0 Å². The van der Waals surface area contributed by atoms with E-state index >= 15 is 0 Å². The second-order valence-corrected chi connectivity index (χ2v) is 4.15. The molecule has 0 bridgehead atoms. The Morgan fingerprint density at radius 1 is 1.45 bits per heavy atom. The highest BCUT2D eigenvalue weighted by Gasteiger charge is 2.33. The third kappa shape index (κ3) is 3.58. The first kappa shape index (κ1) is 15.9. The first-order chi connectivity index (χ1) is 10.3. The molecule has 0 radical (unpaired) electrons. The molecular weight excluding hydrogens is 309 g/mol. The molecule has 0 unspecified atom stereocenters. The van der Waals surface area contributed by atoms with Crippen LogP contribution in [-0.4, -0.2) is 43.1 Å². The molecule has 0 aromatic heterocycles. The van der Waals surface area contributed by atoms with Crippen LogP contribution in [0.2, 0.25) is 0 Å². The Morgan fingerprint density at radius 2 is 2.18 bits per heavy atom. The number of alkyl halides is 3. The third-order valence-electron chi connectivity index (χ3n) is 2.70. The van der Waals surface area contributed by atoms with E-state index in [9.17, 15) is 18.0 Å². The third-order valence-corrected chi connectivity index (χ3v) is 2.70. The summed E-state index contributed by atoms with van der Waals surface area (Å²) >= 11 is 0. The first-order valence-electron chi connectivity index (χ1n) is 5.92. The molecule has 1 aromatic carbocycles. The van der Waals surface area contributed by atoms with Gasteiger partial charge in [-0.1, -0.05) is 0 Å². The lowest BCUT2D eigenvalue weighted by Crippen LogP contribution is -2.31. The van der Waals surface area contributed by atoms with Gasteiger partial charge in [0.2, 0.25) is 5.90 Å². The molecule has 2 N–H and O–H groups in total. The quantitative estimate of drug-likeness (QED) is 0.644. The molecule has 0 spiro atoms. The van der Waals surface area contributed by atoms with Crippen molar-refractivity contribution in [3.8, 4) is 11.5 Å². The number of rotatable bonds is 4. The van der Waals surface area contributed by atoms with Gasteiger partial charge in [0.25, 0.3) is 5.91 Å². The Bertz CT molecular complexity index is 603. The highest BCUT2D eigenvalue weighted by atomic mass is 19.4. The van der Waals surface area contributed by atoms with E-state index in [0.29, 0.717) is 0 Å². The van der Waals surface area contributed by atoms with Crippen LogP contribution in [0.5, 0.6) is 11.5 Å². The monoisotopic (exact) mass is 320 g/mol. The summed E-state index contributed by atoms with van der Waals surface area (Å²) in [7, 11) is 1.20. The van der Waals surface area contributed by atoms with Crippen LogP contribution in [0.1, 0.15) is 5.56 Å². The number of aliphatic imine (C=N–C) groups is 1. The topological polar surface area (TPSA) is 89.4 Å². The molecule has 0 saturated heterocycles. The van der Waals surface area contributed by atoms with Crippen LogP contribution in [0.4, 0.5) is 13.2 Å². The van der Waals surface area contributed by atoms with Crippen molar-refractivity contribution in [1.29, 1.82) is 0 Å². The van der Waals surface area contributed by atoms with Crippen LogP contribution < -0.4 is 15.0 Å². The highest BCUT2D eigenvalue weighted by molar-refractivity contribution is 5.98. The van der Waals surface area contributed by atoms with E-state index in [2.05, 4.69) is 9.73 Å². The average molecular weight is 320 g/mol. The number of nitrogens with one attached hydrogen (secondary N) is 1. The highest BCUT2D eigenvalue weighted by Crippen LogP contribution is 2.33. The van der Waals surface area contributed by atoms with E-state index in [-0.39, 0.29) is 23.8 Å². The second kappa shape index (κ2) is 6.10. The zero-order valence-corrected chi connectivity index (χ0v) is 11.2. The molecule has 7 nitrogen and oxygen atoms in total. The fraction of sp³-hybridized carbons (Fsp3) is 0.333. The maximum absolute atomic E-state index is 12.4. The predicted molar refractivity (Wildman–Crippen MR) is 65.9 cm³/mol. The molecular formula is C12H11F3N2O5. The number of hydrogen-bond donors (Lipinski definition) is 2. The maximum atomic E-state index is 12.4. The number of benzene rings is 1. The van der Waals surface area contributed by atoms with Crippen molar-refractivity contribution < 1.29 is 37.4 Å². The van der Waals surface area contributed by atoms with Gasteiger partial charge in [0.1, 0.15) is 6.61 Å². The van der Waals surface area contributed by atoms with Gasteiger partial charge in [-0.2, -0.15) is 0 Å². The Hall–Kier alpha value is -2.49. The standard InChI is InChI=1S/C12H11F3N2O5/c1-20-8-3-2-6(4-9(8)22-12(13,14)15)11-16-7(5-21-11)10(18)17-19/h2-4,7,19H,5H2,1H3,(H,17,18)/t7-/m1/s1. The van der Waals surface area contributed by atoms with Crippen molar-refractivity contribution in [3.63, 3.8) is 0 Å². The summed E-state index contributed by atoms with van der Waals surface area (Å²) in [6.07, 6.45) is -4.89. The van der Waals surface area contributed by atoms with E-state index in [1.165, 1.54) is 24.7 Å². The van der Waals surface area contributed by atoms with E-state index in [0.717, 1.165) is 6.07 Å². The molecule has 0 saturated carbocycles. The molecule has 0 aliphatic carbocycles. The summed E-state index contributed by atoms with van der Waals surface area (Å²) in [6, 6.07) is 2.71. The fourth-order valence-electron chi connectivity index (χ4n) is 1.75. The summed E-state index contributed by atoms with van der Waals surface area (Å²) in [5, 5.41) is 8.51. The second-order valence-electron chi connectivity index (χ2n) is 4.15. The first-order valence-corrected chi connectivity index (χ1v) is 5.92. The van der Waals surface area contributed by atoms with Crippen molar-refractivity contribution in [1.82, 2.24) is 5.48 Å². The normalized spacial score (nSPS) is 17.5. The summed E-state index contributed by atoms with van der Waals surface area (Å²) in [6.45, 7) is -0.136. The molecule has 1 amide bonds. The number of carbonyl (C=O) groups excluding carboxylic acids is 1. The number of methoxy groups -OCH3 is 1. The van der Waals surface area contributed by atoms with E-state index in [1.807, 2.05) is 0 Å². The fourth-order valence-corrected chi connectivity index (χ4v) is 1.75. The van der Waals surface area contributed by atoms with Gasteiger partial charge in [-0.15, -0.1) is 13.2 Å². The van der Waals surface area contributed by atoms with Crippen LogP contribution in [0.25, 0.3) is 0 Å². The number of hydrogen-bond acceptors (Lipinski definition) is 6. The molecule has 1 atom stereocenters. The van der Waals surface area contributed by atoms with Gasteiger partial charge in [0.15, 0.2) is 17.5 Å². The van der Waals surface area contributed by atoms with Crippen LogP contribution >= 0.6 is 0 Å². The van der Waals surface area contributed by atoms with Crippen molar-refractivity contribution in [2.45, 2.75) is 12.4 Å². The molecule has 2 rings (SSSR count). The lowest BCUT2D eigenvalue weighted by atomic mass is 10.2. The van der Waals surface area contributed by atoms with Crippen LogP contribution in [0.15, 0.2) is 23.2 Å². The predicted octanol–water partition coefficient (Wildman–Crippen LogP) is 1.24. The van der Waals surface area contributed by atoms with Gasteiger partial charge >= 0.3 is 6.36 Å². The summed E-state index contributed by atoms with van der Waals surface area (Å²) in [5.41, 5.74) is 1.59. The van der Waals surface area contributed by atoms with Crippen molar-refractivity contribution >= 4 is 11.8 Å². The van der Waals surface area contributed by atoms with Crippen molar-refractivity contribution in [2.75, 3.05) is 13.7 Å². The zero-order chi connectivity index (χ0) is 16.3. The van der Waals surface area contributed by atoms with Crippen molar-refractivity contribution in [3.05, 3.63) is 23.8 Å². The molecule has 1 aliphatic rings. The van der Waals surface area contributed by atoms with Crippen LogP contribution in [0.3, 0.4) is 0 Å². The summed E-state index contributed by atoms with van der Waals surface area (Å²) < 4.78 is 50.9. The molecule has 10 heteroatoms. The average Bonchev–Trinajstić information content (AvgIpc) is 2.94. The van der Waals surface area contributed by atoms with Crippen LogP contribution in [0, 0.1) is 0 Å². The minimum absolute atomic E-state index is 0.0386. The molecule has 0 fully saturated rings. The number of carbonyl (C=O) groups is 1. The smallest absolute Gasteiger partial charge is 0.493 e. The number of halogens is 3. The van der Waals surface area contributed by atoms with Gasteiger partial charge in [0, 0.05) is 5.56 Å². The zero-order valence-electron chi connectivity index (χ0n) is 11.2. The Kier molecular flexibility index (Phi) is 4.40. The van der Waals surface area contributed by atoms with E-state index in [4.69, 9.17) is 14.7 Å². The van der Waals surface area contributed by atoms with E-state index < -0.39 is 24.1 Å². The van der Waals surface area contributed by atoms with E-state index in [1.54, 1.807) is 0 Å². The summed E-state index contributed by atoms with van der Waals surface area (Å²) in [5.74, 6) is -1.50. The lowest BCUT2D eigenvalue weighted by Gasteiger charge is -2.13. The van der Waals surface area contributed by atoms with Gasteiger partial charge in [0.05, 0.1) is 7.11 Å². The van der Waals surface area contributed by atoms with Gasteiger partial charge in [-0.25, -0.2) is 10.5 Å². The van der Waals surface area contributed by atoms with Gasteiger partial charge in [-0.05, 0) is 18.2 Å². The number of nitrogens with zero attached hydrogens (tertiary/aromatic N) is 1. The minimum atomic E-state index is -4.89. The number of amides is 1. The minimum Gasteiger partial charge on any atom is -0.493 e. The SMILES string of the molecule is COc1ccc(C2=N[C@@H](C(=O)NO)CO2)cc1OC(F)(F)F. The molecule has 120 valence electrons. The number of hydroxylamine groups is 1. The molecule has 1 aliphatic heterocycles. The maximum Gasteiger partial charge on any atom is 0.573 e. The Labute approximate surface area is 122 Å². The van der Waals surface area contributed by atoms with Crippen LogP contribution in [-0.2, 0) is 9.53 Å². The molecule has 22 heavy (non-hydrogen) atoms. The molecule has 1 heterocycles.